The van der Waals surface area contributed by atoms with E-state index < -0.39 is 9.84 Å². The highest BCUT2D eigenvalue weighted by Crippen LogP contribution is 2.42. The van der Waals surface area contributed by atoms with Gasteiger partial charge in [0.25, 0.3) is 0 Å². The molecule has 3 heterocycles. The van der Waals surface area contributed by atoms with E-state index in [9.17, 15) is 13.2 Å². The van der Waals surface area contributed by atoms with E-state index in [4.69, 9.17) is 0 Å². The van der Waals surface area contributed by atoms with Crippen LogP contribution in [0.4, 0.5) is 0 Å². The highest BCUT2D eigenvalue weighted by molar-refractivity contribution is 7.93. The summed E-state index contributed by atoms with van der Waals surface area (Å²) in [5.41, 5.74) is 2.35. The predicted molar refractivity (Wildman–Crippen MR) is 76.5 cm³/mol. The number of pyridine rings is 1. The van der Waals surface area contributed by atoms with Gasteiger partial charge in [-0.3, -0.25) is 9.78 Å². The van der Waals surface area contributed by atoms with Crippen molar-refractivity contribution in [3.8, 4) is 0 Å². The van der Waals surface area contributed by atoms with Gasteiger partial charge in [0.15, 0.2) is 15.6 Å². The van der Waals surface area contributed by atoms with Gasteiger partial charge in [0.1, 0.15) is 0 Å². The lowest BCUT2D eigenvalue weighted by atomic mass is 9.90. The van der Waals surface area contributed by atoms with Crippen LogP contribution in [0.5, 0.6) is 0 Å². The number of ketones is 1. The highest BCUT2D eigenvalue weighted by atomic mass is 32.2. The Balaban J connectivity index is 1.86. The maximum Gasteiger partial charge on any atom is 0.166 e. The summed E-state index contributed by atoms with van der Waals surface area (Å²) in [6.45, 7) is 3.75. The number of hydrogen-bond donors (Lipinski definition) is 0. The zero-order valence-corrected chi connectivity index (χ0v) is 12.6. The van der Waals surface area contributed by atoms with Crippen LogP contribution in [0.3, 0.4) is 0 Å². The average Bonchev–Trinajstić information content (AvgIpc) is 2.55. The number of fused-ring (bicyclic) bond motifs is 2. The molecule has 0 saturated carbocycles. The summed E-state index contributed by atoms with van der Waals surface area (Å²) in [5.74, 6) is -0.0531. The molecule has 2 atom stereocenters. The number of Topliss-reactive ketones (excluding diaryl/α,β-unsaturated/α-hetero) is 1. The summed E-state index contributed by atoms with van der Waals surface area (Å²) in [6.07, 6.45) is 2.45. The first-order valence-corrected chi connectivity index (χ1v) is 8.71. The number of carbonyl (C=O) groups excluding carboxylic acids is 1. The van der Waals surface area contributed by atoms with Gasteiger partial charge in [-0.05, 0) is 51.7 Å². The van der Waals surface area contributed by atoms with E-state index in [1.807, 2.05) is 13.8 Å². The Morgan fingerprint density at radius 3 is 2.10 bits per heavy atom. The van der Waals surface area contributed by atoms with E-state index in [1.165, 1.54) is 0 Å². The molecule has 2 unspecified atom stereocenters. The molecule has 0 amide bonds. The Morgan fingerprint density at radius 2 is 1.60 bits per heavy atom. The number of aromatic nitrogens is 1. The van der Waals surface area contributed by atoms with Gasteiger partial charge in [-0.25, -0.2) is 8.42 Å². The molecule has 0 spiro atoms. The van der Waals surface area contributed by atoms with Gasteiger partial charge >= 0.3 is 0 Å². The van der Waals surface area contributed by atoms with Crippen LogP contribution in [-0.4, -0.2) is 29.7 Å². The van der Waals surface area contributed by atoms with Crippen molar-refractivity contribution in [2.24, 2.45) is 5.92 Å². The van der Waals surface area contributed by atoms with Crippen LogP contribution in [-0.2, 0) is 9.84 Å². The van der Waals surface area contributed by atoms with E-state index in [-0.39, 0.29) is 22.2 Å². The van der Waals surface area contributed by atoms with Crippen molar-refractivity contribution in [1.29, 1.82) is 0 Å². The molecule has 2 bridgehead atoms. The number of hydrogen-bond acceptors (Lipinski definition) is 4. The molecule has 3 rings (SSSR count). The number of nitrogens with zero attached hydrogens (tertiary/aromatic N) is 1. The summed E-state index contributed by atoms with van der Waals surface area (Å²) in [7, 11) is -2.96. The van der Waals surface area contributed by atoms with E-state index in [0.717, 1.165) is 24.2 Å². The van der Waals surface area contributed by atoms with Crippen molar-refractivity contribution in [2.45, 2.75) is 50.0 Å². The van der Waals surface area contributed by atoms with Crippen molar-refractivity contribution < 1.29 is 13.2 Å². The average molecular weight is 293 g/mol. The SMILES string of the molecule is Cc1cc(C(=O)C2CC3CCC(C2)S3(=O)=O)cc(C)n1. The second-order valence-electron chi connectivity index (χ2n) is 6.08. The molecular formula is C15H19NO3S. The monoisotopic (exact) mass is 293 g/mol. The Kier molecular flexibility index (Phi) is 3.20. The first-order chi connectivity index (χ1) is 9.38. The van der Waals surface area contributed by atoms with Crippen LogP contribution in [0, 0.1) is 19.8 Å². The van der Waals surface area contributed by atoms with E-state index in [1.54, 1.807) is 12.1 Å². The molecule has 1 aromatic heterocycles. The largest absolute Gasteiger partial charge is 0.294 e. The normalized spacial score (nSPS) is 31.2. The fraction of sp³-hybridized carbons (Fsp3) is 0.600. The molecule has 2 aliphatic heterocycles. The fourth-order valence-electron chi connectivity index (χ4n) is 3.63. The molecule has 1 aromatic rings. The molecule has 4 nitrogen and oxygen atoms in total. The predicted octanol–water partition coefficient (Wildman–Crippen LogP) is 2.24. The van der Waals surface area contributed by atoms with Gasteiger partial charge < -0.3 is 0 Å². The summed E-state index contributed by atoms with van der Waals surface area (Å²) in [6, 6.07) is 3.61. The smallest absolute Gasteiger partial charge is 0.166 e. The molecule has 2 saturated heterocycles. The van der Waals surface area contributed by atoms with Crippen LogP contribution in [0.2, 0.25) is 0 Å². The fourth-order valence-corrected chi connectivity index (χ4v) is 6.11. The lowest BCUT2D eigenvalue weighted by molar-refractivity contribution is 0.0905. The Bertz CT molecular complexity index is 625. The van der Waals surface area contributed by atoms with Gasteiger partial charge in [-0.1, -0.05) is 0 Å². The molecule has 5 heteroatoms. The number of aryl methyl sites for hydroxylation is 2. The lowest BCUT2D eigenvalue weighted by Gasteiger charge is -2.27. The second kappa shape index (κ2) is 4.65. The topological polar surface area (TPSA) is 64.1 Å². The number of sulfone groups is 1. The van der Waals surface area contributed by atoms with Gasteiger partial charge in [-0.15, -0.1) is 0 Å². The maximum absolute atomic E-state index is 12.6. The molecule has 2 fully saturated rings. The van der Waals surface area contributed by atoms with Crippen LogP contribution in [0.15, 0.2) is 12.1 Å². The molecule has 0 radical (unpaired) electrons. The number of rotatable bonds is 2. The van der Waals surface area contributed by atoms with Crippen LogP contribution >= 0.6 is 0 Å². The standard InChI is InChI=1S/C15H19NO3S/c1-9-5-11(6-10(2)16-9)15(17)12-7-13-3-4-14(8-12)20(13,18)19/h5-6,12-14H,3-4,7-8H2,1-2H3. The van der Waals surface area contributed by atoms with Crippen molar-refractivity contribution in [3.63, 3.8) is 0 Å². The van der Waals surface area contributed by atoms with E-state index in [2.05, 4.69) is 4.98 Å². The van der Waals surface area contributed by atoms with Crippen molar-refractivity contribution >= 4 is 15.6 Å². The summed E-state index contributed by atoms with van der Waals surface area (Å²) in [4.78, 5) is 16.9. The molecule has 2 aliphatic rings. The first kappa shape index (κ1) is 13.7. The second-order valence-corrected chi connectivity index (χ2v) is 8.59. The van der Waals surface area contributed by atoms with Crippen molar-refractivity contribution in [2.75, 3.05) is 0 Å². The lowest BCUT2D eigenvalue weighted by Crippen LogP contribution is -2.36. The maximum atomic E-state index is 12.6. The zero-order valence-electron chi connectivity index (χ0n) is 11.8. The number of carbonyl (C=O) groups is 1. The van der Waals surface area contributed by atoms with Crippen molar-refractivity contribution in [1.82, 2.24) is 4.98 Å². The Labute approximate surface area is 119 Å². The summed E-state index contributed by atoms with van der Waals surface area (Å²) >= 11 is 0. The third-order valence-electron chi connectivity index (χ3n) is 4.57. The quantitative estimate of drug-likeness (QED) is 0.784. The molecule has 20 heavy (non-hydrogen) atoms. The van der Waals surface area contributed by atoms with Gasteiger partial charge in [0.2, 0.25) is 0 Å². The minimum atomic E-state index is -2.96. The molecule has 0 N–H and O–H groups in total. The summed E-state index contributed by atoms with van der Waals surface area (Å²) in [5, 5.41) is -0.585. The molecule has 0 aromatic carbocycles. The van der Waals surface area contributed by atoms with Gasteiger partial charge in [0.05, 0.1) is 10.5 Å². The van der Waals surface area contributed by atoms with Gasteiger partial charge in [-0.2, -0.15) is 0 Å². The summed E-state index contributed by atoms with van der Waals surface area (Å²) < 4.78 is 24.1. The third-order valence-corrected chi connectivity index (χ3v) is 7.29. The van der Waals surface area contributed by atoms with Crippen LogP contribution in [0.1, 0.15) is 47.4 Å². The molecular weight excluding hydrogens is 274 g/mol. The third kappa shape index (κ3) is 2.18. The van der Waals surface area contributed by atoms with Crippen LogP contribution in [0.25, 0.3) is 0 Å². The Hall–Kier alpha value is -1.23. The molecule has 108 valence electrons. The highest BCUT2D eigenvalue weighted by Gasteiger charge is 2.48. The minimum absolute atomic E-state index is 0.0883. The first-order valence-electron chi connectivity index (χ1n) is 7.10. The minimum Gasteiger partial charge on any atom is -0.294 e. The van der Waals surface area contributed by atoms with Crippen molar-refractivity contribution in [3.05, 3.63) is 29.1 Å². The molecule has 0 aliphatic carbocycles. The van der Waals surface area contributed by atoms with Crippen LogP contribution < -0.4 is 0 Å². The zero-order chi connectivity index (χ0) is 14.5. The Morgan fingerprint density at radius 1 is 1.10 bits per heavy atom. The van der Waals surface area contributed by atoms with E-state index in [0.29, 0.717) is 18.4 Å². The van der Waals surface area contributed by atoms with Gasteiger partial charge in [0, 0.05) is 22.9 Å². The van der Waals surface area contributed by atoms with E-state index >= 15 is 0 Å².